The van der Waals surface area contributed by atoms with Crippen LogP contribution in [-0.4, -0.2) is 27.9 Å². The SMILES string of the molecule is CC(C)[C@@H](C(=O)C[C@H](O)C(C)(C)C)N(Cc1ccccc1)Cc1ccccc1. The number of nitrogens with zero attached hydrogens (tertiary/aromatic N) is 1. The molecule has 0 aliphatic rings. The highest BCUT2D eigenvalue weighted by atomic mass is 16.3. The molecule has 3 heteroatoms. The molecule has 152 valence electrons. The second-order valence-corrected chi connectivity index (χ2v) is 9.12. The first-order valence-electron chi connectivity index (χ1n) is 10.2. The van der Waals surface area contributed by atoms with Crippen molar-refractivity contribution in [3.8, 4) is 0 Å². The van der Waals surface area contributed by atoms with Crippen molar-refractivity contribution in [2.45, 2.75) is 66.3 Å². The molecule has 1 N–H and O–H groups in total. The molecular formula is C25H35NO2. The van der Waals surface area contributed by atoms with Gasteiger partial charge in [-0.25, -0.2) is 0 Å². The third kappa shape index (κ3) is 6.57. The van der Waals surface area contributed by atoms with Crippen LogP contribution in [0.1, 0.15) is 52.2 Å². The molecule has 0 amide bonds. The molecule has 0 radical (unpaired) electrons. The number of rotatable bonds is 9. The topological polar surface area (TPSA) is 40.5 Å². The van der Waals surface area contributed by atoms with E-state index in [1.807, 2.05) is 57.2 Å². The fourth-order valence-corrected chi connectivity index (χ4v) is 3.50. The molecule has 2 aromatic rings. The van der Waals surface area contributed by atoms with Gasteiger partial charge in [-0.1, -0.05) is 95.3 Å². The molecule has 0 aliphatic heterocycles. The quantitative estimate of drug-likeness (QED) is 0.658. The molecule has 2 aromatic carbocycles. The van der Waals surface area contributed by atoms with Crippen molar-refractivity contribution < 1.29 is 9.90 Å². The highest BCUT2D eigenvalue weighted by molar-refractivity contribution is 5.84. The summed E-state index contributed by atoms with van der Waals surface area (Å²) in [6.45, 7) is 11.5. The van der Waals surface area contributed by atoms with Crippen LogP contribution in [0.15, 0.2) is 60.7 Å². The van der Waals surface area contributed by atoms with Gasteiger partial charge in [0, 0.05) is 19.5 Å². The summed E-state index contributed by atoms with van der Waals surface area (Å²) in [6.07, 6.45) is -0.455. The van der Waals surface area contributed by atoms with Crippen molar-refractivity contribution >= 4 is 5.78 Å². The van der Waals surface area contributed by atoms with Crippen LogP contribution in [0, 0.1) is 11.3 Å². The molecule has 0 bridgehead atoms. The van der Waals surface area contributed by atoms with E-state index >= 15 is 0 Å². The Balaban J connectivity index is 2.28. The van der Waals surface area contributed by atoms with Crippen LogP contribution >= 0.6 is 0 Å². The number of hydrogen-bond acceptors (Lipinski definition) is 3. The fraction of sp³-hybridized carbons (Fsp3) is 0.480. The minimum Gasteiger partial charge on any atom is -0.392 e. The molecule has 0 unspecified atom stereocenters. The molecule has 0 aromatic heterocycles. The number of benzene rings is 2. The van der Waals surface area contributed by atoms with Crippen LogP contribution in [0.5, 0.6) is 0 Å². The molecule has 3 nitrogen and oxygen atoms in total. The molecule has 28 heavy (non-hydrogen) atoms. The van der Waals surface area contributed by atoms with E-state index in [9.17, 15) is 9.90 Å². The van der Waals surface area contributed by atoms with E-state index in [-0.39, 0.29) is 29.6 Å². The van der Waals surface area contributed by atoms with Crippen LogP contribution in [-0.2, 0) is 17.9 Å². The first-order valence-corrected chi connectivity index (χ1v) is 10.2. The first-order chi connectivity index (χ1) is 13.2. The van der Waals surface area contributed by atoms with Crippen LogP contribution in [0.2, 0.25) is 0 Å². The largest absolute Gasteiger partial charge is 0.392 e. The van der Waals surface area contributed by atoms with Crippen molar-refractivity contribution in [2.75, 3.05) is 0 Å². The van der Waals surface area contributed by atoms with Gasteiger partial charge < -0.3 is 5.11 Å². The third-order valence-corrected chi connectivity index (χ3v) is 5.21. The second kappa shape index (κ2) is 9.99. The minimum absolute atomic E-state index is 0.115. The minimum atomic E-state index is -0.642. The standard InChI is InChI=1S/C25H35NO2/c1-19(2)24(22(27)16-23(28)25(3,4)5)26(17-20-12-8-6-9-13-20)18-21-14-10-7-11-15-21/h6-15,19,23-24,28H,16-18H2,1-5H3/t23-,24-/m0/s1. The van der Waals surface area contributed by atoms with Gasteiger partial charge in [-0.05, 0) is 22.5 Å². The van der Waals surface area contributed by atoms with Gasteiger partial charge in [0.05, 0.1) is 12.1 Å². The van der Waals surface area contributed by atoms with Crippen LogP contribution < -0.4 is 0 Å². The maximum atomic E-state index is 13.3. The molecule has 2 atom stereocenters. The van der Waals surface area contributed by atoms with E-state index in [1.165, 1.54) is 11.1 Å². The number of aliphatic hydroxyl groups excluding tert-OH is 1. The van der Waals surface area contributed by atoms with Gasteiger partial charge >= 0.3 is 0 Å². The van der Waals surface area contributed by atoms with E-state index in [1.54, 1.807) is 0 Å². The number of carbonyl (C=O) groups is 1. The summed E-state index contributed by atoms with van der Waals surface area (Å²) in [4.78, 5) is 15.5. The van der Waals surface area contributed by atoms with Gasteiger partial charge in [-0.2, -0.15) is 0 Å². The number of carbonyl (C=O) groups excluding carboxylic acids is 1. The smallest absolute Gasteiger partial charge is 0.152 e. The van der Waals surface area contributed by atoms with Crippen molar-refractivity contribution in [2.24, 2.45) is 11.3 Å². The van der Waals surface area contributed by atoms with Crippen molar-refractivity contribution in [1.82, 2.24) is 4.90 Å². The molecule has 0 aliphatic carbocycles. The lowest BCUT2D eigenvalue weighted by atomic mass is 9.83. The van der Waals surface area contributed by atoms with Crippen LogP contribution in [0.4, 0.5) is 0 Å². The van der Waals surface area contributed by atoms with Gasteiger partial charge in [0.15, 0.2) is 5.78 Å². The van der Waals surface area contributed by atoms with Crippen molar-refractivity contribution in [1.29, 1.82) is 0 Å². The van der Waals surface area contributed by atoms with Crippen molar-refractivity contribution in [3.63, 3.8) is 0 Å². The summed E-state index contributed by atoms with van der Waals surface area (Å²) >= 11 is 0. The Morgan fingerprint density at radius 3 is 1.68 bits per heavy atom. The summed E-state index contributed by atoms with van der Waals surface area (Å²) in [5, 5.41) is 10.5. The molecule has 0 fully saturated rings. The Hall–Kier alpha value is -1.97. The second-order valence-electron chi connectivity index (χ2n) is 9.12. The lowest BCUT2D eigenvalue weighted by Crippen LogP contribution is -2.46. The van der Waals surface area contributed by atoms with E-state index in [4.69, 9.17) is 0 Å². The number of hydrogen-bond donors (Lipinski definition) is 1. The maximum absolute atomic E-state index is 13.3. The summed E-state index contributed by atoms with van der Waals surface area (Å²) < 4.78 is 0. The number of Topliss-reactive ketones (excluding diaryl/α,β-unsaturated/α-hetero) is 1. The average molecular weight is 382 g/mol. The summed E-state index contributed by atoms with van der Waals surface area (Å²) in [7, 11) is 0. The Morgan fingerprint density at radius 2 is 1.32 bits per heavy atom. The maximum Gasteiger partial charge on any atom is 0.152 e. The Kier molecular flexibility index (Phi) is 7.97. The molecule has 0 saturated carbocycles. The Morgan fingerprint density at radius 1 is 0.893 bits per heavy atom. The molecule has 0 saturated heterocycles. The molecular weight excluding hydrogens is 346 g/mol. The van der Waals surface area contributed by atoms with E-state index in [0.29, 0.717) is 13.1 Å². The highest BCUT2D eigenvalue weighted by Crippen LogP contribution is 2.26. The van der Waals surface area contributed by atoms with E-state index in [2.05, 4.69) is 43.0 Å². The lowest BCUT2D eigenvalue weighted by Gasteiger charge is -2.35. The highest BCUT2D eigenvalue weighted by Gasteiger charge is 2.33. The summed E-state index contributed by atoms with van der Waals surface area (Å²) in [6, 6.07) is 20.3. The normalized spacial score (nSPS) is 14.3. The predicted octanol–water partition coefficient (Wildman–Crippen LogP) is 5.08. The van der Waals surface area contributed by atoms with Gasteiger partial charge in [-0.3, -0.25) is 9.69 Å². The van der Waals surface area contributed by atoms with Gasteiger partial charge in [0.1, 0.15) is 0 Å². The Labute approximate surface area is 170 Å². The van der Waals surface area contributed by atoms with Crippen LogP contribution in [0.25, 0.3) is 0 Å². The predicted molar refractivity (Wildman–Crippen MR) is 116 cm³/mol. The zero-order valence-corrected chi connectivity index (χ0v) is 17.9. The summed E-state index contributed by atoms with van der Waals surface area (Å²) in [5.41, 5.74) is 2.07. The monoisotopic (exact) mass is 381 g/mol. The molecule has 2 rings (SSSR count). The average Bonchev–Trinajstić information content (AvgIpc) is 2.62. The van der Waals surface area contributed by atoms with Crippen LogP contribution in [0.3, 0.4) is 0 Å². The lowest BCUT2D eigenvalue weighted by molar-refractivity contribution is -0.130. The fourth-order valence-electron chi connectivity index (χ4n) is 3.50. The first kappa shape index (κ1) is 22.3. The van der Waals surface area contributed by atoms with Gasteiger partial charge in [-0.15, -0.1) is 0 Å². The third-order valence-electron chi connectivity index (χ3n) is 5.21. The zero-order chi connectivity index (χ0) is 20.7. The Bertz CT molecular complexity index is 678. The number of ketones is 1. The van der Waals surface area contributed by atoms with E-state index < -0.39 is 6.10 Å². The zero-order valence-electron chi connectivity index (χ0n) is 17.9. The van der Waals surface area contributed by atoms with Gasteiger partial charge in [0.2, 0.25) is 0 Å². The van der Waals surface area contributed by atoms with E-state index in [0.717, 1.165) is 0 Å². The molecule has 0 spiro atoms. The molecule has 0 heterocycles. The van der Waals surface area contributed by atoms with Gasteiger partial charge in [0.25, 0.3) is 0 Å². The van der Waals surface area contributed by atoms with Crippen molar-refractivity contribution in [3.05, 3.63) is 71.8 Å². The summed E-state index contributed by atoms with van der Waals surface area (Å²) in [5.74, 6) is 0.274. The number of aliphatic hydroxyl groups is 1.